The van der Waals surface area contributed by atoms with Crippen molar-refractivity contribution in [1.82, 2.24) is 10.3 Å². The van der Waals surface area contributed by atoms with Crippen molar-refractivity contribution < 1.29 is 34.4 Å². The van der Waals surface area contributed by atoms with Gasteiger partial charge in [-0.3, -0.25) is 4.79 Å². The molecule has 37 heavy (non-hydrogen) atoms. The molecule has 3 aromatic rings. The lowest BCUT2D eigenvalue weighted by Gasteiger charge is -2.42. The zero-order valence-corrected chi connectivity index (χ0v) is 20.1. The number of H-pyrrole nitrogens is 1. The fourth-order valence-corrected chi connectivity index (χ4v) is 4.37. The minimum atomic E-state index is -1.64. The maximum Gasteiger partial charge on any atom is 0.329 e. The van der Waals surface area contributed by atoms with Gasteiger partial charge in [-0.25, -0.2) is 4.79 Å². The quantitative estimate of drug-likeness (QED) is 0.177. The maximum absolute atomic E-state index is 13.1. The molecule has 1 aliphatic rings. The van der Waals surface area contributed by atoms with Gasteiger partial charge < -0.3 is 46.6 Å². The monoisotopic (exact) mass is 512 g/mol. The molecule has 11 nitrogen and oxygen atoms in total. The number of aromatic amines is 1. The van der Waals surface area contributed by atoms with Gasteiger partial charge in [-0.15, -0.1) is 0 Å². The molecule has 1 saturated heterocycles. The van der Waals surface area contributed by atoms with Crippen LogP contribution in [0.25, 0.3) is 10.9 Å². The highest BCUT2D eigenvalue weighted by atomic mass is 16.5. The number of ether oxygens (including phenoxy) is 2. The van der Waals surface area contributed by atoms with Crippen LogP contribution < -0.4 is 16.8 Å². The number of carbonyl (C=O) groups excluding carboxylic acids is 2. The summed E-state index contributed by atoms with van der Waals surface area (Å²) < 4.78 is 11.0. The highest BCUT2D eigenvalue weighted by Gasteiger charge is 2.47. The number of aliphatic hydroxyl groups excluding tert-OH is 3. The zero-order chi connectivity index (χ0) is 26.5. The molecule has 0 spiro atoms. The van der Waals surface area contributed by atoms with Crippen LogP contribution in [-0.2, 0) is 32.1 Å². The Kier molecular flexibility index (Phi) is 8.54. The second-order valence-corrected chi connectivity index (χ2v) is 9.11. The fourth-order valence-electron chi connectivity index (χ4n) is 4.37. The lowest BCUT2D eigenvalue weighted by atomic mass is 9.91. The van der Waals surface area contributed by atoms with Crippen LogP contribution in [0.5, 0.6) is 0 Å². The van der Waals surface area contributed by atoms with E-state index in [1.165, 1.54) is 0 Å². The number of esters is 1. The first-order valence-electron chi connectivity index (χ1n) is 12.0. The van der Waals surface area contributed by atoms with E-state index in [1.807, 2.05) is 60.7 Å². The van der Waals surface area contributed by atoms with Gasteiger partial charge in [-0.1, -0.05) is 48.5 Å². The molecule has 1 amide bonds. The molecule has 1 aliphatic heterocycles. The number of aliphatic hydroxyl groups is 3. The van der Waals surface area contributed by atoms with Crippen molar-refractivity contribution in [2.45, 2.75) is 55.6 Å². The van der Waals surface area contributed by atoms with Gasteiger partial charge in [0.15, 0.2) is 0 Å². The third-order valence-corrected chi connectivity index (χ3v) is 6.47. The van der Waals surface area contributed by atoms with Crippen LogP contribution in [0.1, 0.15) is 11.3 Å². The summed E-state index contributed by atoms with van der Waals surface area (Å²) in [5, 5.41) is 34.1. The van der Waals surface area contributed by atoms with E-state index in [0.29, 0.717) is 5.69 Å². The molecule has 11 heteroatoms. The van der Waals surface area contributed by atoms with Gasteiger partial charge in [0.25, 0.3) is 0 Å². The first-order chi connectivity index (χ1) is 17.8. The van der Waals surface area contributed by atoms with Gasteiger partial charge in [0.2, 0.25) is 5.91 Å². The Morgan fingerprint density at radius 2 is 1.73 bits per heavy atom. The average molecular weight is 513 g/mol. The van der Waals surface area contributed by atoms with E-state index in [9.17, 15) is 24.9 Å². The Balaban J connectivity index is 1.50. The molecular weight excluding hydrogens is 480 g/mol. The summed E-state index contributed by atoms with van der Waals surface area (Å²) in [7, 11) is 0. The zero-order valence-electron chi connectivity index (χ0n) is 20.1. The van der Waals surface area contributed by atoms with Crippen LogP contribution >= 0.6 is 0 Å². The molecule has 0 bridgehead atoms. The van der Waals surface area contributed by atoms with E-state index in [-0.39, 0.29) is 19.6 Å². The summed E-state index contributed by atoms with van der Waals surface area (Å²) in [6.07, 6.45) is -6.99. The van der Waals surface area contributed by atoms with Crippen LogP contribution in [0.3, 0.4) is 0 Å². The number of nitrogens with two attached hydrogens (primary N) is 2. The van der Waals surface area contributed by atoms with Crippen LogP contribution in [0.15, 0.2) is 60.7 Å². The number of hydrogen-bond donors (Lipinski definition) is 7. The van der Waals surface area contributed by atoms with E-state index in [4.69, 9.17) is 20.9 Å². The van der Waals surface area contributed by atoms with Crippen molar-refractivity contribution >= 4 is 22.8 Å². The summed E-state index contributed by atoms with van der Waals surface area (Å²) in [5.41, 5.74) is 14.0. The highest BCUT2D eigenvalue weighted by molar-refractivity contribution is 5.88. The Hall–Kier alpha value is -3.32. The number of nitrogens with one attached hydrogen (secondary N) is 2. The van der Waals surface area contributed by atoms with Crippen LogP contribution in [0.4, 0.5) is 0 Å². The van der Waals surface area contributed by atoms with Gasteiger partial charge in [0.1, 0.15) is 43.1 Å². The largest absolute Gasteiger partial charge is 0.459 e. The number of para-hydroxylation sites is 1. The molecule has 3 unspecified atom stereocenters. The minimum Gasteiger partial charge on any atom is -0.459 e. The van der Waals surface area contributed by atoms with Crippen molar-refractivity contribution in [2.24, 2.45) is 11.5 Å². The number of aromatic nitrogens is 1. The second kappa shape index (κ2) is 11.8. The van der Waals surface area contributed by atoms with Gasteiger partial charge in [-0.05, 0) is 23.1 Å². The number of hydrogen-bond acceptors (Lipinski definition) is 9. The molecular formula is C26H32N4O7. The number of benzene rings is 2. The fraction of sp³-hybridized carbons (Fsp3) is 0.385. The van der Waals surface area contributed by atoms with Crippen molar-refractivity contribution in [3.8, 4) is 0 Å². The SMILES string of the molecule is NCC1O[C@@H](C(N)C(=O)N[C@@H](Cc2cc3ccccc3[nH]2)C(=O)OCc2ccccc2)C(O)[C@@H](O)[C@@H]1O. The summed E-state index contributed by atoms with van der Waals surface area (Å²) in [4.78, 5) is 29.4. The maximum atomic E-state index is 13.1. The highest BCUT2D eigenvalue weighted by Crippen LogP contribution is 2.23. The van der Waals surface area contributed by atoms with E-state index in [1.54, 1.807) is 0 Å². The second-order valence-electron chi connectivity index (χ2n) is 9.11. The summed E-state index contributed by atoms with van der Waals surface area (Å²) in [6.45, 7) is -0.151. The summed E-state index contributed by atoms with van der Waals surface area (Å²) in [5.74, 6) is -1.48. The molecule has 198 valence electrons. The third kappa shape index (κ3) is 6.16. The van der Waals surface area contributed by atoms with Gasteiger partial charge >= 0.3 is 5.97 Å². The normalized spacial score (nSPS) is 25.4. The van der Waals surface area contributed by atoms with E-state index >= 15 is 0 Å². The van der Waals surface area contributed by atoms with Gasteiger partial charge in [-0.2, -0.15) is 0 Å². The number of carbonyl (C=O) groups is 2. The molecule has 2 aromatic carbocycles. The molecule has 0 saturated carbocycles. The standard InChI is InChI=1S/C26H32N4O7/c27-12-19-21(31)22(32)23(33)24(37-19)20(28)25(34)30-18(26(35)36-13-14-6-2-1-3-7-14)11-16-10-15-8-4-5-9-17(15)29-16/h1-10,18-24,29,31-33H,11-13,27-28H2,(H,30,34)/t18-,19?,20?,21+,22-,23?,24-/m0/s1. The molecule has 0 radical (unpaired) electrons. The predicted molar refractivity (Wildman–Crippen MR) is 134 cm³/mol. The van der Waals surface area contributed by atoms with Crippen LogP contribution in [-0.4, -0.2) is 81.3 Å². The molecule has 4 rings (SSSR count). The Morgan fingerprint density at radius 1 is 1.03 bits per heavy atom. The summed E-state index contributed by atoms with van der Waals surface area (Å²) >= 11 is 0. The number of amides is 1. The topological polar surface area (TPSA) is 193 Å². The predicted octanol–water partition coefficient (Wildman–Crippen LogP) is -0.925. The Bertz CT molecular complexity index is 1170. The van der Waals surface area contributed by atoms with Crippen molar-refractivity contribution in [3.63, 3.8) is 0 Å². The smallest absolute Gasteiger partial charge is 0.329 e. The number of rotatable bonds is 9. The van der Waals surface area contributed by atoms with E-state index in [0.717, 1.165) is 16.5 Å². The molecule has 7 atom stereocenters. The van der Waals surface area contributed by atoms with Crippen molar-refractivity contribution in [1.29, 1.82) is 0 Å². The first kappa shape index (κ1) is 26.7. The average Bonchev–Trinajstić information content (AvgIpc) is 3.33. The van der Waals surface area contributed by atoms with Crippen molar-refractivity contribution in [2.75, 3.05) is 6.54 Å². The molecule has 2 heterocycles. The molecule has 0 aliphatic carbocycles. The molecule has 9 N–H and O–H groups in total. The van der Waals surface area contributed by atoms with E-state index < -0.39 is 54.5 Å². The van der Waals surface area contributed by atoms with Gasteiger partial charge in [0.05, 0.1) is 6.10 Å². The van der Waals surface area contributed by atoms with E-state index in [2.05, 4.69) is 10.3 Å². The lowest BCUT2D eigenvalue weighted by molar-refractivity contribution is -0.223. The summed E-state index contributed by atoms with van der Waals surface area (Å²) in [6, 6.07) is 16.0. The lowest BCUT2D eigenvalue weighted by Crippen LogP contribution is -2.66. The minimum absolute atomic E-state index is 0.0114. The van der Waals surface area contributed by atoms with Crippen molar-refractivity contribution in [3.05, 3.63) is 71.9 Å². The first-order valence-corrected chi connectivity index (χ1v) is 12.0. The van der Waals surface area contributed by atoms with Gasteiger partial charge in [0, 0.05) is 24.2 Å². The number of fused-ring (bicyclic) bond motifs is 1. The van der Waals surface area contributed by atoms with Crippen LogP contribution in [0.2, 0.25) is 0 Å². The Labute approximate surface area is 213 Å². The van der Waals surface area contributed by atoms with Crippen LogP contribution in [0, 0.1) is 0 Å². The third-order valence-electron chi connectivity index (χ3n) is 6.47. The Morgan fingerprint density at radius 3 is 2.43 bits per heavy atom. The molecule has 1 fully saturated rings. The molecule has 1 aromatic heterocycles.